The van der Waals surface area contributed by atoms with Crippen LogP contribution in [0.2, 0.25) is 0 Å². The Labute approximate surface area is 170 Å². The van der Waals surface area contributed by atoms with Gasteiger partial charge < -0.3 is 20.0 Å². The van der Waals surface area contributed by atoms with E-state index >= 15 is 0 Å². The number of hydrogen-bond donors (Lipinski definition) is 1. The van der Waals surface area contributed by atoms with Gasteiger partial charge in [0.25, 0.3) is 0 Å². The molecule has 154 valence electrons. The SMILES string of the molecule is Cc1csc(N2CCN(C(=O)NC3CCN(c4c(F)cccc4F)C3=O)CC2)n1. The number of halogens is 2. The molecule has 2 aliphatic heterocycles. The van der Waals surface area contributed by atoms with Crippen molar-refractivity contribution in [2.24, 2.45) is 0 Å². The number of carbonyl (C=O) groups is 2. The van der Waals surface area contributed by atoms with E-state index in [4.69, 9.17) is 0 Å². The maximum atomic E-state index is 14.0. The minimum Gasteiger partial charge on any atom is -0.345 e. The summed E-state index contributed by atoms with van der Waals surface area (Å²) in [7, 11) is 0. The fraction of sp³-hybridized carbons (Fsp3) is 0.421. The highest BCUT2D eigenvalue weighted by Crippen LogP contribution is 2.28. The summed E-state index contributed by atoms with van der Waals surface area (Å²) in [6.45, 7) is 4.43. The van der Waals surface area contributed by atoms with Crippen LogP contribution in [0.5, 0.6) is 0 Å². The average Bonchev–Trinajstić information content (AvgIpc) is 3.29. The summed E-state index contributed by atoms with van der Waals surface area (Å²) in [6.07, 6.45) is 0.302. The molecule has 2 saturated heterocycles. The van der Waals surface area contributed by atoms with E-state index in [1.807, 2.05) is 12.3 Å². The van der Waals surface area contributed by atoms with Gasteiger partial charge in [0.05, 0.1) is 5.69 Å². The summed E-state index contributed by atoms with van der Waals surface area (Å²) < 4.78 is 28.0. The fourth-order valence-corrected chi connectivity index (χ4v) is 4.47. The molecule has 1 aromatic carbocycles. The molecule has 10 heteroatoms. The smallest absolute Gasteiger partial charge is 0.318 e. The Kier molecular flexibility index (Phi) is 5.35. The first-order valence-electron chi connectivity index (χ1n) is 9.42. The molecule has 0 aliphatic carbocycles. The number of amides is 3. The van der Waals surface area contributed by atoms with Gasteiger partial charge in [0.2, 0.25) is 5.91 Å². The normalized spacial score (nSPS) is 19.8. The van der Waals surface area contributed by atoms with Gasteiger partial charge >= 0.3 is 6.03 Å². The lowest BCUT2D eigenvalue weighted by Crippen LogP contribution is -2.54. The Morgan fingerprint density at radius 1 is 1.17 bits per heavy atom. The number of anilines is 2. The molecule has 29 heavy (non-hydrogen) atoms. The number of para-hydroxylation sites is 1. The summed E-state index contributed by atoms with van der Waals surface area (Å²) in [5.74, 6) is -2.09. The Balaban J connectivity index is 1.34. The van der Waals surface area contributed by atoms with Crippen molar-refractivity contribution >= 4 is 34.1 Å². The Bertz CT molecular complexity index is 909. The first-order chi connectivity index (χ1) is 13.9. The number of aryl methyl sites for hydroxylation is 1. The molecule has 2 aliphatic rings. The molecule has 3 amide bonds. The number of nitrogens with one attached hydrogen (secondary N) is 1. The van der Waals surface area contributed by atoms with Crippen LogP contribution in [0.4, 0.5) is 24.4 Å². The molecule has 0 saturated carbocycles. The number of piperazine rings is 1. The topological polar surface area (TPSA) is 68.8 Å². The van der Waals surface area contributed by atoms with E-state index in [9.17, 15) is 18.4 Å². The van der Waals surface area contributed by atoms with E-state index in [0.29, 0.717) is 32.6 Å². The van der Waals surface area contributed by atoms with Crippen LogP contribution >= 0.6 is 11.3 Å². The maximum Gasteiger partial charge on any atom is 0.318 e. The zero-order valence-corrected chi connectivity index (χ0v) is 16.7. The van der Waals surface area contributed by atoms with E-state index < -0.39 is 23.6 Å². The van der Waals surface area contributed by atoms with Gasteiger partial charge in [0.15, 0.2) is 5.13 Å². The lowest BCUT2D eigenvalue weighted by atomic mass is 10.2. The number of rotatable bonds is 3. The van der Waals surface area contributed by atoms with Crippen LogP contribution in [-0.2, 0) is 4.79 Å². The average molecular weight is 421 g/mol. The standard InChI is InChI=1S/C19H21F2N5O2S/c1-12-11-29-19(22-12)25-9-7-24(8-10-25)18(28)23-15-5-6-26(17(15)27)16-13(20)3-2-4-14(16)21/h2-4,11,15H,5-10H2,1H3,(H,23,28). The molecule has 4 rings (SSSR count). The van der Waals surface area contributed by atoms with Crippen molar-refractivity contribution in [2.45, 2.75) is 19.4 Å². The molecule has 0 spiro atoms. The summed E-state index contributed by atoms with van der Waals surface area (Å²) in [4.78, 5) is 34.5. The molecule has 2 fully saturated rings. The molecule has 7 nitrogen and oxygen atoms in total. The van der Waals surface area contributed by atoms with Crippen molar-refractivity contribution in [3.8, 4) is 0 Å². The van der Waals surface area contributed by atoms with Crippen molar-refractivity contribution in [3.05, 3.63) is 40.9 Å². The highest BCUT2D eigenvalue weighted by atomic mass is 32.1. The quantitative estimate of drug-likeness (QED) is 0.826. The zero-order chi connectivity index (χ0) is 20.5. The molecule has 1 unspecified atom stereocenters. The van der Waals surface area contributed by atoms with E-state index in [1.165, 1.54) is 6.07 Å². The van der Waals surface area contributed by atoms with Gasteiger partial charge in [0, 0.05) is 38.1 Å². The fourth-order valence-electron chi connectivity index (χ4n) is 3.61. The van der Waals surface area contributed by atoms with Gasteiger partial charge in [-0.3, -0.25) is 4.79 Å². The number of thiazole rings is 1. The van der Waals surface area contributed by atoms with E-state index in [-0.39, 0.29) is 18.3 Å². The van der Waals surface area contributed by atoms with E-state index in [0.717, 1.165) is 27.9 Å². The van der Waals surface area contributed by atoms with Crippen LogP contribution in [0.15, 0.2) is 23.6 Å². The Morgan fingerprint density at radius 3 is 2.48 bits per heavy atom. The molecule has 1 aromatic heterocycles. The van der Waals surface area contributed by atoms with Crippen LogP contribution in [0.3, 0.4) is 0 Å². The summed E-state index contributed by atoms with van der Waals surface area (Å²) in [6, 6.07) is 2.35. The number of nitrogens with zero attached hydrogens (tertiary/aromatic N) is 4. The molecule has 2 aromatic rings. The maximum absolute atomic E-state index is 14.0. The second-order valence-electron chi connectivity index (χ2n) is 7.10. The van der Waals surface area contributed by atoms with E-state index in [1.54, 1.807) is 16.2 Å². The van der Waals surface area contributed by atoms with Crippen molar-refractivity contribution in [3.63, 3.8) is 0 Å². The summed E-state index contributed by atoms with van der Waals surface area (Å²) in [5, 5.41) is 5.65. The minimum atomic E-state index is -0.793. The second-order valence-corrected chi connectivity index (χ2v) is 7.93. The summed E-state index contributed by atoms with van der Waals surface area (Å²) in [5.41, 5.74) is 0.613. The first-order valence-corrected chi connectivity index (χ1v) is 10.3. The van der Waals surface area contributed by atoms with Gasteiger partial charge in [-0.25, -0.2) is 18.6 Å². The van der Waals surface area contributed by atoms with Gasteiger partial charge in [-0.1, -0.05) is 6.07 Å². The Morgan fingerprint density at radius 2 is 1.86 bits per heavy atom. The lowest BCUT2D eigenvalue weighted by Gasteiger charge is -2.35. The third-order valence-electron chi connectivity index (χ3n) is 5.15. The molecular weight excluding hydrogens is 400 g/mol. The number of aromatic nitrogens is 1. The second kappa shape index (κ2) is 7.94. The van der Waals surface area contributed by atoms with Crippen molar-refractivity contribution in [2.75, 3.05) is 42.5 Å². The molecule has 0 bridgehead atoms. The highest BCUT2D eigenvalue weighted by molar-refractivity contribution is 7.13. The number of urea groups is 1. The zero-order valence-electron chi connectivity index (χ0n) is 15.9. The van der Waals surface area contributed by atoms with Gasteiger partial charge in [0.1, 0.15) is 23.4 Å². The molecule has 3 heterocycles. The molecule has 0 radical (unpaired) electrons. The Hall–Kier alpha value is -2.75. The van der Waals surface area contributed by atoms with Crippen LogP contribution < -0.4 is 15.1 Å². The van der Waals surface area contributed by atoms with Crippen LogP contribution in [-0.4, -0.2) is 60.6 Å². The van der Waals surface area contributed by atoms with Crippen LogP contribution in [0.1, 0.15) is 12.1 Å². The first kappa shape index (κ1) is 19.6. The third-order valence-corrected chi connectivity index (χ3v) is 6.17. The lowest BCUT2D eigenvalue weighted by molar-refractivity contribution is -0.118. The minimum absolute atomic E-state index is 0.152. The largest absolute Gasteiger partial charge is 0.345 e. The van der Waals surface area contributed by atoms with Gasteiger partial charge in [-0.05, 0) is 25.5 Å². The van der Waals surface area contributed by atoms with Crippen molar-refractivity contribution in [1.29, 1.82) is 0 Å². The predicted octanol–water partition coefficient (Wildman–Crippen LogP) is 2.37. The molecule has 1 atom stereocenters. The monoisotopic (exact) mass is 421 g/mol. The number of carbonyl (C=O) groups excluding carboxylic acids is 2. The van der Waals surface area contributed by atoms with Gasteiger partial charge in [-0.15, -0.1) is 11.3 Å². The van der Waals surface area contributed by atoms with Crippen LogP contribution in [0.25, 0.3) is 0 Å². The van der Waals surface area contributed by atoms with E-state index in [2.05, 4.69) is 15.2 Å². The summed E-state index contributed by atoms with van der Waals surface area (Å²) >= 11 is 1.58. The molecule has 1 N–H and O–H groups in total. The van der Waals surface area contributed by atoms with Crippen LogP contribution in [0, 0.1) is 18.6 Å². The van der Waals surface area contributed by atoms with Crippen molar-refractivity contribution in [1.82, 2.24) is 15.2 Å². The number of benzene rings is 1. The number of hydrogen-bond acceptors (Lipinski definition) is 5. The van der Waals surface area contributed by atoms with Crippen molar-refractivity contribution < 1.29 is 18.4 Å². The highest BCUT2D eigenvalue weighted by Gasteiger charge is 2.37. The predicted molar refractivity (Wildman–Crippen MR) is 106 cm³/mol. The third kappa shape index (κ3) is 3.89. The molecular formula is C19H21F2N5O2S. The van der Waals surface area contributed by atoms with Gasteiger partial charge in [-0.2, -0.15) is 0 Å².